The largest absolute Gasteiger partial charge is 0.383 e. The second-order valence-corrected chi connectivity index (χ2v) is 5.24. The molecule has 1 atom stereocenters. The van der Waals surface area contributed by atoms with E-state index in [2.05, 4.69) is 17.1 Å². The Labute approximate surface area is 124 Å². The summed E-state index contributed by atoms with van der Waals surface area (Å²) in [6.07, 6.45) is 0. The number of methoxy groups -OCH3 is 1. The van der Waals surface area contributed by atoms with Gasteiger partial charge in [-0.05, 0) is 19.1 Å². The Balaban J connectivity index is 1.85. The lowest BCUT2D eigenvalue weighted by atomic mass is 10.2. The standard InChI is InChI=1S/C15H22FN3O2/c1-12(11-21-2)18-7-9-19(10-8-18)15(20)17-14-6-4-3-5-13(14)16/h3-6,12H,7-11H2,1-2H3,(H,17,20)/t12-/m1/s1. The van der Waals surface area contributed by atoms with E-state index in [9.17, 15) is 9.18 Å². The van der Waals surface area contributed by atoms with Gasteiger partial charge in [-0.15, -0.1) is 0 Å². The molecule has 1 saturated heterocycles. The smallest absolute Gasteiger partial charge is 0.322 e. The molecule has 116 valence electrons. The predicted molar refractivity (Wildman–Crippen MR) is 79.9 cm³/mol. The first-order valence-corrected chi connectivity index (χ1v) is 7.15. The molecule has 1 N–H and O–H groups in total. The number of piperazine rings is 1. The molecule has 6 heteroatoms. The van der Waals surface area contributed by atoms with Crippen molar-refractivity contribution in [2.45, 2.75) is 13.0 Å². The molecular formula is C15H22FN3O2. The van der Waals surface area contributed by atoms with E-state index in [-0.39, 0.29) is 11.7 Å². The molecular weight excluding hydrogens is 273 g/mol. The van der Waals surface area contributed by atoms with Gasteiger partial charge in [-0.2, -0.15) is 0 Å². The van der Waals surface area contributed by atoms with Crippen LogP contribution in [0.2, 0.25) is 0 Å². The van der Waals surface area contributed by atoms with Crippen LogP contribution in [-0.2, 0) is 4.74 Å². The first kappa shape index (κ1) is 15.7. The van der Waals surface area contributed by atoms with Gasteiger partial charge in [0.15, 0.2) is 0 Å². The number of para-hydroxylation sites is 1. The number of ether oxygens (including phenoxy) is 1. The number of benzene rings is 1. The molecule has 2 rings (SSSR count). The fourth-order valence-electron chi connectivity index (χ4n) is 2.47. The topological polar surface area (TPSA) is 44.8 Å². The van der Waals surface area contributed by atoms with Crippen LogP contribution in [0.3, 0.4) is 0 Å². The predicted octanol–water partition coefficient (Wildman–Crippen LogP) is 2.01. The van der Waals surface area contributed by atoms with Crippen molar-refractivity contribution in [2.24, 2.45) is 0 Å². The highest BCUT2D eigenvalue weighted by atomic mass is 19.1. The first-order valence-electron chi connectivity index (χ1n) is 7.15. The van der Waals surface area contributed by atoms with Gasteiger partial charge in [0.05, 0.1) is 12.3 Å². The highest BCUT2D eigenvalue weighted by Crippen LogP contribution is 2.14. The van der Waals surface area contributed by atoms with E-state index >= 15 is 0 Å². The van der Waals surface area contributed by atoms with Gasteiger partial charge < -0.3 is 15.0 Å². The van der Waals surface area contributed by atoms with Crippen LogP contribution in [0, 0.1) is 5.82 Å². The normalized spacial score (nSPS) is 17.6. The van der Waals surface area contributed by atoms with Crippen molar-refractivity contribution in [1.29, 1.82) is 0 Å². The zero-order chi connectivity index (χ0) is 15.2. The molecule has 21 heavy (non-hydrogen) atoms. The summed E-state index contributed by atoms with van der Waals surface area (Å²) in [5.74, 6) is -0.418. The molecule has 1 aromatic rings. The number of nitrogens with one attached hydrogen (secondary N) is 1. The van der Waals surface area contributed by atoms with E-state index in [1.54, 1.807) is 30.2 Å². The molecule has 0 unspecified atom stereocenters. The third-order valence-corrected chi connectivity index (χ3v) is 3.75. The minimum Gasteiger partial charge on any atom is -0.383 e. The lowest BCUT2D eigenvalue weighted by Crippen LogP contribution is -2.53. The van der Waals surface area contributed by atoms with Crippen molar-refractivity contribution >= 4 is 11.7 Å². The van der Waals surface area contributed by atoms with E-state index < -0.39 is 5.82 Å². The van der Waals surface area contributed by atoms with Crippen molar-refractivity contribution in [2.75, 3.05) is 45.2 Å². The molecule has 5 nitrogen and oxygen atoms in total. The van der Waals surface area contributed by atoms with E-state index in [4.69, 9.17) is 4.74 Å². The van der Waals surface area contributed by atoms with Crippen LogP contribution >= 0.6 is 0 Å². The Morgan fingerprint density at radius 2 is 2.00 bits per heavy atom. The summed E-state index contributed by atoms with van der Waals surface area (Å²) in [4.78, 5) is 16.1. The van der Waals surface area contributed by atoms with Gasteiger partial charge in [0, 0.05) is 39.3 Å². The lowest BCUT2D eigenvalue weighted by molar-refractivity contribution is 0.0680. The van der Waals surface area contributed by atoms with Crippen molar-refractivity contribution in [3.05, 3.63) is 30.1 Å². The Kier molecular flexibility index (Phi) is 5.52. The van der Waals surface area contributed by atoms with Gasteiger partial charge in [-0.3, -0.25) is 4.90 Å². The minimum absolute atomic E-state index is 0.220. The number of nitrogens with zero attached hydrogens (tertiary/aromatic N) is 2. The minimum atomic E-state index is -0.418. The molecule has 2 amide bonds. The average Bonchev–Trinajstić information content (AvgIpc) is 2.50. The molecule has 1 fully saturated rings. The molecule has 0 aromatic heterocycles. The summed E-state index contributed by atoms with van der Waals surface area (Å²) in [7, 11) is 1.69. The molecule has 1 heterocycles. The maximum absolute atomic E-state index is 13.5. The summed E-state index contributed by atoms with van der Waals surface area (Å²) in [6.45, 7) is 5.66. The second kappa shape index (κ2) is 7.38. The number of rotatable bonds is 4. The van der Waals surface area contributed by atoms with E-state index in [1.165, 1.54) is 6.07 Å². The maximum atomic E-state index is 13.5. The highest BCUT2D eigenvalue weighted by molar-refractivity contribution is 5.89. The Morgan fingerprint density at radius 3 is 2.62 bits per heavy atom. The van der Waals surface area contributed by atoms with Crippen LogP contribution in [0.1, 0.15) is 6.92 Å². The number of anilines is 1. The second-order valence-electron chi connectivity index (χ2n) is 5.24. The first-order chi connectivity index (χ1) is 10.1. The third kappa shape index (κ3) is 4.15. The monoisotopic (exact) mass is 295 g/mol. The zero-order valence-electron chi connectivity index (χ0n) is 12.5. The number of carbonyl (C=O) groups is 1. The lowest BCUT2D eigenvalue weighted by Gasteiger charge is -2.37. The summed E-state index contributed by atoms with van der Waals surface area (Å²) in [5.41, 5.74) is 0.220. The van der Waals surface area contributed by atoms with Crippen molar-refractivity contribution in [3.8, 4) is 0 Å². The molecule has 1 aromatic carbocycles. The van der Waals surface area contributed by atoms with Crippen molar-refractivity contribution in [3.63, 3.8) is 0 Å². The van der Waals surface area contributed by atoms with Crippen LogP contribution in [0.5, 0.6) is 0 Å². The molecule has 1 aliphatic rings. The van der Waals surface area contributed by atoms with E-state index in [0.717, 1.165) is 13.1 Å². The van der Waals surface area contributed by atoms with Crippen molar-refractivity contribution in [1.82, 2.24) is 9.80 Å². The number of halogens is 1. The van der Waals surface area contributed by atoms with E-state index in [1.807, 2.05) is 0 Å². The summed E-state index contributed by atoms with van der Waals surface area (Å²) >= 11 is 0. The highest BCUT2D eigenvalue weighted by Gasteiger charge is 2.24. The maximum Gasteiger partial charge on any atom is 0.322 e. The molecule has 0 radical (unpaired) electrons. The molecule has 0 bridgehead atoms. The van der Waals surface area contributed by atoms with Crippen LogP contribution in [-0.4, -0.2) is 61.8 Å². The molecule has 0 spiro atoms. The van der Waals surface area contributed by atoms with Crippen LogP contribution in [0.4, 0.5) is 14.9 Å². The van der Waals surface area contributed by atoms with Crippen LogP contribution in [0.15, 0.2) is 24.3 Å². The average molecular weight is 295 g/mol. The Morgan fingerprint density at radius 1 is 1.33 bits per heavy atom. The Hall–Kier alpha value is -1.66. The van der Waals surface area contributed by atoms with Gasteiger partial charge in [-0.1, -0.05) is 12.1 Å². The van der Waals surface area contributed by atoms with Gasteiger partial charge in [0.25, 0.3) is 0 Å². The number of urea groups is 1. The molecule has 1 aliphatic heterocycles. The van der Waals surface area contributed by atoms with E-state index in [0.29, 0.717) is 25.7 Å². The zero-order valence-corrected chi connectivity index (χ0v) is 12.5. The number of hydrogen-bond acceptors (Lipinski definition) is 3. The van der Waals surface area contributed by atoms with Crippen LogP contribution < -0.4 is 5.32 Å². The van der Waals surface area contributed by atoms with Gasteiger partial charge in [0.2, 0.25) is 0 Å². The van der Waals surface area contributed by atoms with Crippen LogP contribution in [0.25, 0.3) is 0 Å². The fourth-order valence-corrected chi connectivity index (χ4v) is 2.47. The molecule has 0 aliphatic carbocycles. The number of carbonyl (C=O) groups excluding carboxylic acids is 1. The summed E-state index contributed by atoms with van der Waals surface area (Å²) in [5, 5.41) is 2.62. The molecule has 0 saturated carbocycles. The Bertz CT molecular complexity index is 476. The SMILES string of the molecule is COC[C@@H](C)N1CCN(C(=O)Nc2ccccc2F)CC1. The van der Waals surface area contributed by atoms with Gasteiger partial charge in [-0.25, -0.2) is 9.18 Å². The fraction of sp³-hybridized carbons (Fsp3) is 0.533. The number of hydrogen-bond donors (Lipinski definition) is 1. The van der Waals surface area contributed by atoms with Gasteiger partial charge in [0.1, 0.15) is 5.82 Å². The third-order valence-electron chi connectivity index (χ3n) is 3.75. The number of amides is 2. The van der Waals surface area contributed by atoms with Crippen molar-refractivity contribution < 1.29 is 13.9 Å². The van der Waals surface area contributed by atoms with Gasteiger partial charge >= 0.3 is 6.03 Å². The quantitative estimate of drug-likeness (QED) is 0.924. The summed E-state index contributed by atoms with van der Waals surface area (Å²) in [6, 6.07) is 6.28. The summed E-state index contributed by atoms with van der Waals surface area (Å²) < 4.78 is 18.7.